The number of nitrogens with two attached hydrogens (primary N) is 1. The lowest BCUT2D eigenvalue weighted by Crippen LogP contribution is -2.23. The van der Waals surface area contributed by atoms with Gasteiger partial charge in [0, 0.05) is 12.1 Å². The zero-order valence-electron chi connectivity index (χ0n) is 9.84. The van der Waals surface area contributed by atoms with E-state index in [1.165, 1.54) is 13.2 Å². The summed E-state index contributed by atoms with van der Waals surface area (Å²) in [5.41, 5.74) is 6.82. The molecule has 92 valence electrons. The average Bonchev–Trinajstić information content (AvgIpc) is 2.37. The first-order chi connectivity index (χ1) is 8.22. The number of hydrogen-bond acceptors (Lipinski definition) is 4. The van der Waals surface area contributed by atoms with Crippen LogP contribution in [-0.4, -0.2) is 25.7 Å². The molecule has 1 aromatic rings. The summed E-state index contributed by atoms with van der Waals surface area (Å²) >= 11 is 0. The second kappa shape index (κ2) is 7.60. The third-order valence-electron chi connectivity index (χ3n) is 2.10. The molecule has 4 nitrogen and oxygen atoms in total. The largest absolute Gasteiger partial charge is 0.466 e. The van der Waals surface area contributed by atoms with Gasteiger partial charge < -0.3 is 15.2 Å². The maximum Gasteiger partial charge on any atom is 0.330 e. The normalized spacial score (nSPS) is 12.6. The van der Waals surface area contributed by atoms with Crippen molar-refractivity contribution in [2.45, 2.75) is 12.6 Å². The summed E-state index contributed by atoms with van der Waals surface area (Å²) in [6.45, 7) is 0.878. The van der Waals surface area contributed by atoms with Crippen LogP contribution in [0.5, 0.6) is 0 Å². The van der Waals surface area contributed by atoms with E-state index in [2.05, 4.69) is 4.74 Å². The minimum Gasteiger partial charge on any atom is -0.466 e. The van der Waals surface area contributed by atoms with Gasteiger partial charge in [-0.15, -0.1) is 0 Å². The Morgan fingerprint density at radius 2 is 2.12 bits per heavy atom. The summed E-state index contributed by atoms with van der Waals surface area (Å²) in [4.78, 5) is 10.8. The van der Waals surface area contributed by atoms with Crippen LogP contribution in [0.3, 0.4) is 0 Å². The first-order valence-corrected chi connectivity index (χ1v) is 5.36. The number of carbonyl (C=O) groups is 1. The van der Waals surface area contributed by atoms with E-state index in [-0.39, 0.29) is 6.04 Å². The van der Waals surface area contributed by atoms with Gasteiger partial charge in [-0.3, -0.25) is 0 Å². The van der Waals surface area contributed by atoms with E-state index in [4.69, 9.17) is 10.5 Å². The molecule has 0 fully saturated rings. The highest BCUT2D eigenvalue weighted by atomic mass is 16.5. The smallest absolute Gasteiger partial charge is 0.330 e. The number of esters is 1. The average molecular weight is 235 g/mol. The van der Waals surface area contributed by atoms with Crippen LogP contribution in [0.2, 0.25) is 0 Å². The van der Waals surface area contributed by atoms with Gasteiger partial charge in [0.05, 0.1) is 20.3 Å². The van der Waals surface area contributed by atoms with Gasteiger partial charge in [-0.1, -0.05) is 36.4 Å². The van der Waals surface area contributed by atoms with Crippen LogP contribution < -0.4 is 5.73 Å². The second-order valence-electron chi connectivity index (χ2n) is 3.55. The molecule has 4 heteroatoms. The molecule has 0 amide bonds. The molecule has 17 heavy (non-hydrogen) atoms. The molecule has 0 saturated heterocycles. The number of rotatable bonds is 6. The fourth-order valence-corrected chi connectivity index (χ4v) is 1.21. The van der Waals surface area contributed by atoms with E-state index >= 15 is 0 Å². The van der Waals surface area contributed by atoms with Crippen molar-refractivity contribution in [2.75, 3.05) is 13.7 Å². The fourth-order valence-electron chi connectivity index (χ4n) is 1.21. The van der Waals surface area contributed by atoms with Gasteiger partial charge in [-0.05, 0) is 5.56 Å². The lowest BCUT2D eigenvalue weighted by atomic mass is 10.2. The Kier molecular flexibility index (Phi) is 5.99. The predicted octanol–water partition coefficient (Wildman–Crippen LogP) is 1.26. The van der Waals surface area contributed by atoms with Crippen molar-refractivity contribution >= 4 is 5.97 Å². The summed E-state index contributed by atoms with van der Waals surface area (Å²) in [6.07, 6.45) is 2.87. The van der Waals surface area contributed by atoms with Crippen molar-refractivity contribution in [1.82, 2.24) is 0 Å². The van der Waals surface area contributed by atoms with Gasteiger partial charge in [0.2, 0.25) is 0 Å². The monoisotopic (exact) mass is 235 g/mol. The van der Waals surface area contributed by atoms with Crippen LogP contribution in [0.1, 0.15) is 5.56 Å². The highest BCUT2D eigenvalue weighted by Crippen LogP contribution is 2.00. The Bertz CT molecular complexity index is 362. The van der Waals surface area contributed by atoms with E-state index in [0.29, 0.717) is 13.2 Å². The molecule has 0 aliphatic rings. The van der Waals surface area contributed by atoms with Gasteiger partial charge >= 0.3 is 5.97 Å². The van der Waals surface area contributed by atoms with Crippen molar-refractivity contribution in [3.63, 3.8) is 0 Å². The van der Waals surface area contributed by atoms with E-state index < -0.39 is 5.97 Å². The van der Waals surface area contributed by atoms with Crippen molar-refractivity contribution in [3.8, 4) is 0 Å². The lowest BCUT2D eigenvalue weighted by molar-refractivity contribution is -0.134. The Morgan fingerprint density at radius 1 is 1.41 bits per heavy atom. The van der Waals surface area contributed by atoms with Crippen LogP contribution in [0.4, 0.5) is 0 Å². The van der Waals surface area contributed by atoms with Crippen LogP contribution in [0.15, 0.2) is 42.5 Å². The Hall–Kier alpha value is -1.65. The molecule has 1 atom stereocenters. The fraction of sp³-hybridized carbons (Fsp3) is 0.308. The Morgan fingerprint density at radius 3 is 2.76 bits per heavy atom. The molecule has 1 unspecified atom stereocenters. The van der Waals surface area contributed by atoms with Crippen LogP contribution in [0.25, 0.3) is 0 Å². The number of hydrogen-bond donors (Lipinski definition) is 1. The Balaban J connectivity index is 2.22. The molecule has 1 rings (SSSR count). The molecule has 1 aromatic carbocycles. The maximum absolute atomic E-state index is 10.8. The molecule has 0 spiro atoms. The van der Waals surface area contributed by atoms with Crippen molar-refractivity contribution in [2.24, 2.45) is 5.73 Å². The van der Waals surface area contributed by atoms with Crippen molar-refractivity contribution in [1.29, 1.82) is 0 Å². The zero-order valence-corrected chi connectivity index (χ0v) is 9.84. The van der Waals surface area contributed by atoms with Gasteiger partial charge in [0.1, 0.15) is 0 Å². The molecule has 0 bridgehead atoms. The molecule has 0 aromatic heterocycles. The highest BCUT2D eigenvalue weighted by molar-refractivity contribution is 5.81. The number of ether oxygens (including phenoxy) is 2. The molecule has 0 saturated carbocycles. The van der Waals surface area contributed by atoms with E-state index in [1.807, 2.05) is 30.3 Å². The van der Waals surface area contributed by atoms with Crippen LogP contribution in [0, 0.1) is 0 Å². The second-order valence-corrected chi connectivity index (χ2v) is 3.55. The molecule has 0 aliphatic carbocycles. The van der Waals surface area contributed by atoms with Gasteiger partial charge in [-0.2, -0.15) is 0 Å². The molecular weight excluding hydrogens is 218 g/mol. The maximum atomic E-state index is 10.8. The topological polar surface area (TPSA) is 61.5 Å². The Labute approximate surface area is 101 Å². The number of benzene rings is 1. The molecule has 0 radical (unpaired) electrons. The quantitative estimate of drug-likeness (QED) is 0.595. The molecular formula is C13H17NO3. The summed E-state index contributed by atoms with van der Waals surface area (Å²) < 4.78 is 9.87. The summed E-state index contributed by atoms with van der Waals surface area (Å²) in [6, 6.07) is 9.52. The molecule has 0 aliphatic heterocycles. The number of methoxy groups -OCH3 is 1. The minimum atomic E-state index is -0.413. The van der Waals surface area contributed by atoms with E-state index in [9.17, 15) is 4.79 Å². The standard InChI is InChI=1S/C13H17NO3/c1-16-13(15)8-7-12(14)10-17-9-11-5-3-2-4-6-11/h2-8,12H,9-10,14H2,1H3. The van der Waals surface area contributed by atoms with Crippen LogP contribution in [-0.2, 0) is 20.9 Å². The SMILES string of the molecule is COC(=O)C=CC(N)COCc1ccccc1. The van der Waals surface area contributed by atoms with Crippen molar-refractivity contribution in [3.05, 3.63) is 48.0 Å². The first kappa shape index (κ1) is 13.4. The summed E-state index contributed by atoms with van der Waals surface area (Å²) in [5, 5.41) is 0. The predicted molar refractivity (Wildman–Crippen MR) is 65.2 cm³/mol. The molecule has 0 heterocycles. The first-order valence-electron chi connectivity index (χ1n) is 5.36. The van der Waals surface area contributed by atoms with E-state index in [0.717, 1.165) is 5.56 Å². The minimum absolute atomic E-state index is 0.308. The number of carbonyl (C=O) groups excluding carboxylic acids is 1. The third-order valence-corrected chi connectivity index (χ3v) is 2.10. The van der Waals surface area contributed by atoms with Gasteiger partial charge in [-0.25, -0.2) is 4.79 Å². The van der Waals surface area contributed by atoms with Crippen molar-refractivity contribution < 1.29 is 14.3 Å². The van der Waals surface area contributed by atoms with Crippen LogP contribution >= 0.6 is 0 Å². The highest BCUT2D eigenvalue weighted by Gasteiger charge is 2.00. The van der Waals surface area contributed by atoms with E-state index in [1.54, 1.807) is 6.08 Å². The molecule has 2 N–H and O–H groups in total. The zero-order chi connectivity index (χ0) is 12.5. The summed E-state index contributed by atoms with van der Waals surface area (Å²) in [5.74, 6) is -0.413. The van der Waals surface area contributed by atoms with Gasteiger partial charge in [0.25, 0.3) is 0 Å². The lowest BCUT2D eigenvalue weighted by Gasteiger charge is -2.07. The third kappa shape index (κ3) is 5.85. The van der Waals surface area contributed by atoms with Gasteiger partial charge in [0.15, 0.2) is 0 Å². The summed E-state index contributed by atoms with van der Waals surface area (Å²) in [7, 11) is 1.32.